The van der Waals surface area contributed by atoms with E-state index in [0.29, 0.717) is 6.04 Å². The van der Waals surface area contributed by atoms with Gasteiger partial charge in [-0.05, 0) is 48.5 Å². The Morgan fingerprint density at radius 2 is 1.83 bits per heavy atom. The number of rotatable bonds is 7. The van der Waals surface area contributed by atoms with Gasteiger partial charge >= 0.3 is 0 Å². The molecule has 1 heterocycles. The molecule has 0 aliphatic heterocycles. The Labute approximate surface area is 118 Å². The SMILES string of the molecule is CCNc1ncnc(NC(C)CCC(C)C)c1Br. The molecule has 0 radical (unpaired) electrons. The third-order valence-electron chi connectivity index (χ3n) is 2.69. The molecule has 1 atom stereocenters. The van der Waals surface area contributed by atoms with Crippen LogP contribution in [0.5, 0.6) is 0 Å². The molecule has 0 aromatic carbocycles. The van der Waals surface area contributed by atoms with Gasteiger partial charge in [0, 0.05) is 12.6 Å². The molecule has 4 nitrogen and oxygen atoms in total. The second kappa shape index (κ2) is 7.56. The van der Waals surface area contributed by atoms with Gasteiger partial charge in [0.25, 0.3) is 0 Å². The van der Waals surface area contributed by atoms with E-state index < -0.39 is 0 Å². The number of hydrogen-bond acceptors (Lipinski definition) is 4. The van der Waals surface area contributed by atoms with Crippen LogP contribution in [-0.4, -0.2) is 22.6 Å². The number of nitrogens with one attached hydrogen (secondary N) is 2. The Bertz CT molecular complexity index is 368. The summed E-state index contributed by atoms with van der Waals surface area (Å²) in [5.74, 6) is 2.43. The smallest absolute Gasteiger partial charge is 0.146 e. The Morgan fingerprint density at radius 3 is 2.44 bits per heavy atom. The fourth-order valence-corrected chi connectivity index (χ4v) is 2.11. The third-order valence-corrected chi connectivity index (χ3v) is 3.44. The Balaban J connectivity index is 2.63. The van der Waals surface area contributed by atoms with Gasteiger partial charge in [0.05, 0.1) is 0 Å². The van der Waals surface area contributed by atoms with E-state index in [2.05, 4.69) is 57.3 Å². The van der Waals surface area contributed by atoms with Crippen molar-refractivity contribution in [2.24, 2.45) is 5.92 Å². The van der Waals surface area contributed by atoms with Crippen molar-refractivity contribution in [2.75, 3.05) is 17.2 Å². The molecular formula is C13H23BrN4. The lowest BCUT2D eigenvalue weighted by molar-refractivity contribution is 0.527. The maximum absolute atomic E-state index is 4.28. The van der Waals surface area contributed by atoms with Gasteiger partial charge in [-0.1, -0.05) is 13.8 Å². The molecule has 0 fully saturated rings. The Kier molecular flexibility index (Phi) is 6.39. The molecule has 1 aromatic heterocycles. The highest BCUT2D eigenvalue weighted by atomic mass is 79.9. The summed E-state index contributed by atoms with van der Waals surface area (Å²) in [5, 5.41) is 6.63. The summed E-state index contributed by atoms with van der Waals surface area (Å²) >= 11 is 3.54. The minimum atomic E-state index is 0.410. The molecule has 102 valence electrons. The van der Waals surface area contributed by atoms with Crippen LogP contribution < -0.4 is 10.6 Å². The standard InChI is InChI=1S/C13H23BrN4/c1-5-15-12-11(14)13(17-8-16-12)18-10(4)7-6-9(2)3/h8-10H,5-7H2,1-4H3,(H2,15,16,17,18). The van der Waals surface area contributed by atoms with Crippen LogP contribution in [0.3, 0.4) is 0 Å². The third kappa shape index (κ3) is 4.80. The monoisotopic (exact) mass is 314 g/mol. The first-order valence-electron chi connectivity index (χ1n) is 6.55. The summed E-state index contributed by atoms with van der Waals surface area (Å²) in [6.45, 7) is 9.57. The van der Waals surface area contributed by atoms with Crippen molar-refractivity contribution in [2.45, 2.75) is 46.6 Å². The van der Waals surface area contributed by atoms with Gasteiger partial charge in [-0.2, -0.15) is 0 Å². The highest BCUT2D eigenvalue weighted by Gasteiger charge is 2.10. The predicted molar refractivity (Wildman–Crippen MR) is 81.1 cm³/mol. The van der Waals surface area contributed by atoms with E-state index in [0.717, 1.165) is 35.0 Å². The van der Waals surface area contributed by atoms with E-state index >= 15 is 0 Å². The summed E-state index contributed by atoms with van der Waals surface area (Å²) in [7, 11) is 0. The summed E-state index contributed by atoms with van der Waals surface area (Å²) in [5.41, 5.74) is 0. The first kappa shape index (κ1) is 15.2. The second-order valence-electron chi connectivity index (χ2n) is 4.93. The van der Waals surface area contributed by atoms with Crippen molar-refractivity contribution in [1.29, 1.82) is 0 Å². The lowest BCUT2D eigenvalue weighted by atomic mass is 10.0. The molecule has 2 N–H and O–H groups in total. The van der Waals surface area contributed by atoms with Crippen molar-refractivity contribution in [3.05, 3.63) is 10.8 Å². The lowest BCUT2D eigenvalue weighted by Crippen LogP contribution is -2.17. The quantitative estimate of drug-likeness (QED) is 0.801. The minimum Gasteiger partial charge on any atom is -0.369 e. The normalized spacial score (nSPS) is 12.6. The van der Waals surface area contributed by atoms with Crippen molar-refractivity contribution < 1.29 is 0 Å². The Morgan fingerprint density at radius 1 is 1.17 bits per heavy atom. The lowest BCUT2D eigenvalue weighted by Gasteiger charge is -2.17. The zero-order chi connectivity index (χ0) is 13.5. The second-order valence-corrected chi connectivity index (χ2v) is 5.72. The van der Waals surface area contributed by atoms with Crippen LogP contribution in [0.2, 0.25) is 0 Å². The molecule has 0 spiro atoms. The fourth-order valence-electron chi connectivity index (χ4n) is 1.65. The molecule has 18 heavy (non-hydrogen) atoms. The molecule has 1 unspecified atom stereocenters. The first-order valence-corrected chi connectivity index (χ1v) is 7.34. The van der Waals surface area contributed by atoms with E-state index in [1.165, 1.54) is 6.42 Å². The van der Waals surface area contributed by atoms with Crippen molar-refractivity contribution >= 4 is 27.6 Å². The van der Waals surface area contributed by atoms with Gasteiger partial charge in [0.2, 0.25) is 0 Å². The van der Waals surface area contributed by atoms with E-state index in [1.54, 1.807) is 6.33 Å². The van der Waals surface area contributed by atoms with Crippen molar-refractivity contribution in [3.63, 3.8) is 0 Å². The summed E-state index contributed by atoms with van der Waals surface area (Å²) in [4.78, 5) is 8.48. The van der Waals surface area contributed by atoms with E-state index in [4.69, 9.17) is 0 Å². The van der Waals surface area contributed by atoms with Crippen molar-refractivity contribution in [3.8, 4) is 0 Å². The van der Waals surface area contributed by atoms with Crippen molar-refractivity contribution in [1.82, 2.24) is 9.97 Å². The average Bonchev–Trinajstić information content (AvgIpc) is 2.32. The Hall–Kier alpha value is -0.840. The van der Waals surface area contributed by atoms with Gasteiger partial charge in [-0.15, -0.1) is 0 Å². The minimum absolute atomic E-state index is 0.410. The number of nitrogens with zero attached hydrogens (tertiary/aromatic N) is 2. The van der Waals surface area contributed by atoms with Gasteiger partial charge in [0.15, 0.2) is 0 Å². The van der Waals surface area contributed by atoms with Crippen LogP contribution in [0.1, 0.15) is 40.5 Å². The van der Waals surface area contributed by atoms with Crippen LogP contribution in [0, 0.1) is 5.92 Å². The zero-order valence-electron chi connectivity index (χ0n) is 11.6. The van der Waals surface area contributed by atoms with E-state index in [-0.39, 0.29) is 0 Å². The average molecular weight is 315 g/mol. The molecule has 5 heteroatoms. The molecule has 1 rings (SSSR count). The summed E-state index contributed by atoms with van der Waals surface area (Å²) in [6, 6.07) is 0.410. The van der Waals surface area contributed by atoms with Crippen LogP contribution in [0.15, 0.2) is 10.8 Å². The van der Waals surface area contributed by atoms with Gasteiger partial charge in [-0.25, -0.2) is 9.97 Å². The maximum atomic E-state index is 4.28. The van der Waals surface area contributed by atoms with Crippen LogP contribution in [0.25, 0.3) is 0 Å². The zero-order valence-corrected chi connectivity index (χ0v) is 13.2. The largest absolute Gasteiger partial charge is 0.369 e. The fraction of sp³-hybridized carbons (Fsp3) is 0.692. The highest BCUT2D eigenvalue weighted by Crippen LogP contribution is 2.27. The molecule has 0 aliphatic carbocycles. The number of aromatic nitrogens is 2. The molecular weight excluding hydrogens is 292 g/mol. The van der Waals surface area contributed by atoms with Gasteiger partial charge in [-0.3, -0.25) is 0 Å². The highest BCUT2D eigenvalue weighted by molar-refractivity contribution is 9.10. The van der Waals surface area contributed by atoms with Gasteiger partial charge < -0.3 is 10.6 Å². The molecule has 1 aromatic rings. The molecule has 0 amide bonds. The first-order chi connectivity index (χ1) is 8.54. The summed E-state index contributed by atoms with van der Waals surface area (Å²) < 4.78 is 0.906. The van der Waals surface area contributed by atoms with Crippen LogP contribution >= 0.6 is 15.9 Å². The maximum Gasteiger partial charge on any atom is 0.146 e. The van der Waals surface area contributed by atoms with Crippen LogP contribution in [0.4, 0.5) is 11.6 Å². The number of anilines is 2. The van der Waals surface area contributed by atoms with Crippen LogP contribution in [-0.2, 0) is 0 Å². The van der Waals surface area contributed by atoms with E-state index in [1.807, 2.05) is 6.92 Å². The number of halogens is 1. The molecule has 0 saturated carbocycles. The summed E-state index contributed by atoms with van der Waals surface area (Å²) in [6.07, 6.45) is 3.95. The molecule has 0 saturated heterocycles. The molecule has 0 aliphatic rings. The van der Waals surface area contributed by atoms with Gasteiger partial charge in [0.1, 0.15) is 22.4 Å². The molecule has 0 bridgehead atoms. The number of hydrogen-bond donors (Lipinski definition) is 2. The predicted octanol–water partition coefficient (Wildman–Crippen LogP) is 3.91. The topological polar surface area (TPSA) is 49.8 Å². The van der Waals surface area contributed by atoms with E-state index in [9.17, 15) is 0 Å².